The normalized spacial score (nSPS) is 22.5. The Balaban J connectivity index is 2.69. The van der Waals surface area contributed by atoms with E-state index in [2.05, 4.69) is 25.7 Å². The largest absolute Gasteiger partial charge is 0.382 e. The SMILES string of the molecule is C=C[C@@H](C)NC1=CC(=O)CC(C)(C)C1. The molecule has 0 unspecified atom stereocenters. The van der Waals surface area contributed by atoms with Crippen LogP contribution < -0.4 is 5.32 Å². The second-order valence-corrected chi connectivity index (χ2v) is 4.82. The van der Waals surface area contributed by atoms with Crippen LogP contribution in [0.4, 0.5) is 0 Å². The zero-order valence-electron chi connectivity index (χ0n) is 9.26. The summed E-state index contributed by atoms with van der Waals surface area (Å²) in [7, 11) is 0. The smallest absolute Gasteiger partial charge is 0.157 e. The molecule has 1 aliphatic rings. The highest BCUT2D eigenvalue weighted by Crippen LogP contribution is 2.32. The first-order valence-corrected chi connectivity index (χ1v) is 5.05. The second kappa shape index (κ2) is 3.99. The van der Waals surface area contributed by atoms with Crippen molar-refractivity contribution in [3.8, 4) is 0 Å². The standard InChI is InChI=1S/C12H19NO/c1-5-9(2)13-10-6-11(14)8-12(3,4)7-10/h5-6,9,13H,1,7-8H2,2-4H3/t9-/m1/s1. The predicted octanol–water partition coefficient (Wildman–Crippen LogP) is 2.42. The predicted molar refractivity (Wildman–Crippen MR) is 58.9 cm³/mol. The van der Waals surface area contributed by atoms with Gasteiger partial charge in [-0.2, -0.15) is 0 Å². The van der Waals surface area contributed by atoms with Gasteiger partial charge in [-0.05, 0) is 18.8 Å². The Kier molecular flexibility index (Phi) is 3.14. The van der Waals surface area contributed by atoms with Gasteiger partial charge in [-0.3, -0.25) is 4.79 Å². The third-order valence-electron chi connectivity index (χ3n) is 2.42. The van der Waals surface area contributed by atoms with E-state index >= 15 is 0 Å². The molecule has 0 saturated carbocycles. The van der Waals surface area contributed by atoms with Gasteiger partial charge in [-0.1, -0.05) is 19.9 Å². The Bertz CT molecular complexity index is 276. The maximum absolute atomic E-state index is 11.4. The van der Waals surface area contributed by atoms with Gasteiger partial charge < -0.3 is 5.32 Å². The summed E-state index contributed by atoms with van der Waals surface area (Å²) in [5.41, 5.74) is 1.13. The lowest BCUT2D eigenvalue weighted by molar-refractivity contribution is -0.117. The molecule has 0 amide bonds. The Labute approximate surface area is 86.1 Å². The quantitative estimate of drug-likeness (QED) is 0.697. The van der Waals surface area contributed by atoms with E-state index in [0.29, 0.717) is 6.42 Å². The first-order valence-electron chi connectivity index (χ1n) is 5.05. The summed E-state index contributed by atoms with van der Waals surface area (Å²) >= 11 is 0. The van der Waals surface area contributed by atoms with E-state index in [9.17, 15) is 4.79 Å². The van der Waals surface area contributed by atoms with Gasteiger partial charge >= 0.3 is 0 Å². The van der Waals surface area contributed by atoms with Crippen molar-refractivity contribution in [3.05, 3.63) is 24.4 Å². The van der Waals surface area contributed by atoms with Crippen LogP contribution in [0, 0.1) is 5.41 Å². The number of hydrogen-bond donors (Lipinski definition) is 1. The molecular formula is C12H19NO. The van der Waals surface area contributed by atoms with E-state index in [1.807, 2.05) is 13.0 Å². The van der Waals surface area contributed by atoms with Crippen LogP contribution in [0.3, 0.4) is 0 Å². The van der Waals surface area contributed by atoms with Crippen molar-refractivity contribution >= 4 is 5.78 Å². The lowest BCUT2D eigenvalue weighted by Gasteiger charge is -2.30. The fraction of sp³-hybridized carbons (Fsp3) is 0.583. The van der Waals surface area contributed by atoms with Crippen LogP contribution in [0.15, 0.2) is 24.4 Å². The zero-order chi connectivity index (χ0) is 10.8. The molecule has 2 nitrogen and oxygen atoms in total. The van der Waals surface area contributed by atoms with Gasteiger partial charge in [0, 0.05) is 24.2 Å². The highest BCUT2D eigenvalue weighted by molar-refractivity contribution is 5.91. The number of rotatable bonds is 3. The van der Waals surface area contributed by atoms with Crippen molar-refractivity contribution in [2.45, 2.75) is 39.7 Å². The Morgan fingerprint density at radius 2 is 2.21 bits per heavy atom. The highest BCUT2D eigenvalue weighted by Gasteiger charge is 2.27. The number of hydrogen-bond acceptors (Lipinski definition) is 2. The van der Waals surface area contributed by atoms with Crippen LogP contribution >= 0.6 is 0 Å². The van der Waals surface area contributed by atoms with E-state index in [0.717, 1.165) is 12.1 Å². The van der Waals surface area contributed by atoms with Gasteiger partial charge in [0.05, 0.1) is 0 Å². The average molecular weight is 193 g/mol. The van der Waals surface area contributed by atoms with Crippen LogP contribution in [0.5, 0.6) is 0 Å². The molecule has 14 heavy (non-hydrogen) atoms. The van der Waals surface area contributed by atoms with E-state index < -0.39 is 0 Å². The van der Waals surface area contributed by atoms with E-state index in [1.54, 1.807) is 6.08 Å². The van der Waals surface area contributed by atoms with Gasteiger partial charge in [0.2, 0.25) is 0 Å². The molecule has 0 spiro atoms. The molecule has 0 radical (unpaired) electrons. The van der Waals surface area contributed by atoms with Crippen molar-refractivity contribution in [1.29, 1.82) is 0 Å². The van der Waals surface area contributed by atoms with Crippen LogP contribution in [-0.2, 0) is 4.79 Å². The molecule has 0 aromatic rings. The van der Waals surface area contributed by atoms with Gasteiger partial charge in [0.25, 0.3) is 0 Å². The topological polar surface area (TPSA) is 29.1 Å². The zero-order valence-corrected chi connectivity index (χ0v) is 9.26. The van der Waals surface area contributed by atoms with Crippen LogP contribution in [0.25, 0.3) is 0 Å². The van der Waals surface area contributed by atoms with Crippen molar-refractivity contribution in [3.63, 3.8) is 0 Å². The van der Waals surface area contributed by atoms with Crippen LogP contribution in [0.1, 0.15) is 33.6 Å². The van der Waals surface area contributed by atoms with Crippen LogP contribution in [0.2, 0.25) is 0 Å². The molecule has 0 bridgehead atoms. The summed E-state index contributed by atoms with van der Waals surface area (Å²) in [4.78, 5) is 11.4. The Hall–Kier alpha value is -1.05. The molecule has 0 heterocycles. The number of allylic oxidation sites excluding steroid dienone is 2. The van der Waals surface area contributed by atoms with E-state index in [-0.39, 0.29) is 17.2 Å². The molecule has 0 aromatic heterocycles. The molecule has 2 heteroatoms. The lowest BCUT2D eigenvalue weighted by atomic mass is 9.79. The number of nitrogens with one attached hydrogen (secondary N) is 1. The summed E-state index contributed by atoms with van der Waals surface area (Å²) in [5, 5.41) is 3.28. The highest BCUT2D eigenvalue weighted by atomic mass is 16.1. The second-order valence-electron chi connectivity index (χ2n) is 4.82. The van der Waals surface area contributed by atoms with Crippen molar-refractivity contribution in [2.75, 3.05) is 0 Å². The lowest BCUT2D eigenvalue weighted by Crippen LogP contribution is -2.31. The van der Waals surface area contributed by atoms with Crippen LogP contribution in [-0.4, -0.2) is 11.8 Å². The minimum absolute atomic E-state index is 0.0923. The summed E-state index contributed by atoms with van der Waals surface area (Å²) in [6, 6.07) is 0.225. The summed E-state index contributed by atoms with van der Waals surface area (Å²) < 4.78 is 0. The number of carbonyl (C=O) groups is 1. The number of ketones is 1. The third kappa shape index (κ3) is 3.02. The summed E-state index contributed by atoms with van der Waals surface area (Å²) in [6.07, 6.45) is 5.16. The first-order chi connectivity index (χ1) is 6.43. The molecule has 0 saturated heterocycles. The van der Waals surface area contributed by atoms with Gasteiger partial charge in [0.1, 0.15) is 0 Å². The summed E-state index contributed by atoms with van der Waals surface area (Å²) in [6.45, 7) is 9.98. The maximum Gasteiger partial charge on any atom is 0.157 e. The van der Waals surface area contributed by atoms with Crippen molar-refractivity contribution < 1.29 is 4.79 Å². The summed E-state index contributed by atoms with van der Waals surface area (Å²) in [5.74, 6) is 0.222. The average Bonchev–Trinajstić information content (AvgIpc) is 1.99. The Morgan fingerprint density at radius 1 is 1.57 bits per heavy atom. The maximum atomic E-state index is 11.4. The Morgan fingerprint density at radius 3 is 2.71 bits per heavy atom. The molecular weight excluding hydrogens is 174 g/mol. The third-order valence-corrected chi connectivity index (χ3v) is 2.42. The van der Waals surface area contributed by atoms with E-state index in [4.69, 9.17) is 0 Å². The fourth-order valence-corrected chi connectivity index (χ4v) is 1.79. The number of carbonyl (C=O) groups excluding carboxylic acids is 1. The molecule has 1 rings (SSSR count). The van der Waals surface area contributed by atoms with Gasteiger partial charge in [0.15, 0.2) is 5.78 Å². The molecule has 0 aliphatic heterocycles. The minimum Gasteiger partial charge on any atom is -0.382 e. The molecule has 0 aromatic carbocycles. The monoisotopic (exact) mass is 193 g/mol. The van der Waals surface area contributed by atoms with E-state index in [1.165, 1.54) is 0 Å². The molecule has 1 atom stereocenters. The fourth-order valence-electron chi connectivity index (χ4n) is 1.79. The minimum atomic E-state index is 0.0923. The molecule has 0 fully saturated rings. The molecule has 1 N–H and O–H groups in total. The first kappa shape index (κ1) is 11.0. The molecule has 78 valence electrons. The van der Waals surface area contributed by atoms with Gasteiger partial charge in [-0.25, -0.2) is 0 Å². The molecule has 1 aliphatic carbocycles. The van der Waals surface area contributed by atoms with Crippen molar-refractivity contribution in [1.82, 2.24) is 5.32 Å². The van der Waals surface area contributed by atoms with Gasteiger partial charge in [-0.15, -0.1) is 6.58 Å². The van der Waals surface area contributed by atoms with Crippen molar-refractivity contribution in [2.24, 2.45) is 5.41 Å².